The Kier molecular flexibility index (Phi) is 9.05. The van der Waals surface area contributed by atoms with Crippen molar-refractivity contribution in [3.8, 4) is 0 Å². The maximum atomic E-state index is 13.9. The number of halogens is 1. The number of benzene rings is 1. The fraction of sp³-hybridized carbons (Fsp3) is 0.579. The molecule has 1 N–H and O–H groups in total. The molecule has 0 spiro atoms. The van der Waals surface area contributed by atoms with E-state index in [2.05, 4.69) is 10.5 Å². The number of nitrogens with zero attached hydrogens (tertiary/aromatic N) is 1. The summed E-state index contributed by atoms with van der Waals surface area (Å²) in [7, 11) is -8.35. The maximum absolute atomic E-state index is 13.9. The van der Waals surface area contributed by atoms with Crippen LogP contribution in [0.3, 0.4) is 0 Å². The summed E-state index contributed by atoms with van der Waals surface area (Å²) in [5.41, 5.74) is 3.69. The number of hydrazone groups is 1. The van der Waals surface area contributed by atoms with Crippen molar-refractivity contribution in [2.45, 2.75) is 46.1 Å². The maximum Gasteiger partial charge on any atom is 0.370 e. The summed E-state index contributed by atoms with van der Waals surface area (Å²) in [6.45, 7) is 8.34. The van der Waals surface area contributed by atoms with E-state index in [0.717, 1.165) is 0 Å². The molecule has 0 radical (unpaired) electrons. The fourth-order valence-corrected chi connectivity index (χ4v) is 8.61. The third-order valence-corrected chi connectivity index (χ3v) is 11.2. The highest BCUT2D eigenvalue weighted by atomic mass is 35.5. The Morgan fingerprint density at radius 1 is 1.03 bits per heavy atom. The Morgan fingerprint density at radius 3 is 1.94 bits per heavy atom. The second-order valence-corrected chi connectivity index (χ2v) is 11.9. The minimum Gasteiger partial charge on any atom is -0.307 e. The molecule has 0 unspecified atom stereocenters. The van der Waals surface area contributed by atoms with Gasteiger partial charge in [0.25, 0.3) is 5.02 Å². The number of nitrogens with one attached hydrogen (secondary N) is 1. The second kappa shape index (κ2) is 10.7. The zero-order valence-electron chi connectivity index (χ0n) is 18.3. The molecule has 0 saturated heterocycles. The zero-order chi connectivity index (χ0) is 23.3. The highest BCUT2D eigenvalue weighted by Gasteiger charge is 2.68. The first-order chi connectivity index (χ1) is 14.6. The lowest BCUT2D eigenvalue weighted by atomic mass is 10.0. The lowest BCUT2D eigenvalue weighted by Crippen LogP contribution is -2.42. The van der Waals surface area contributed by atoms with E-state index in [0.29, 0.717) is 16.1 Å². The van der Waals surface area contributed by atoms with Gasteiger partial charge in [-0.1, -0.05) is 11.6 Å². The van der Waals surface area contributed by atoms with E-state index in [9.17, 15) is 13.9 Å². The molecule has 12 heteroatoms. The summed E-state index contributed by atoms with van der Waals surface area (Å²) < 4.78 is 49.8. The van der Waals surface area contributed by atoms with Gasteiger partial charge in [-0.15, -0.1) is 0 Å². The van der Waals surface area contributed by atoms with Crippen molar-refractivity contribution in [3.05, 3.63) is 34.3 Å². The van der Waals surface area contributed by atoms with Crippen LogP contribution in [0.15, 0.2) is 23.3 Å². The molecule has 31 heavy (non-hydrogen) atoms. The quantitative estimate of drug-likeness (QED) is 0.305. The van der Waals surface area contributed by atoms with Crippen molar-refractivity contribution in [1.82, 2.24) is 5.43 Å². The lowest BCUT2D eigenvalue weighted by Gasteiger charge is -2.38. The first-order valence-electron chi connectivity index (χ1n) is 10.1. The van der Waals surface area contributed by atoms with Crippen molar-refractivity contribution < 1.29 is 32.0 Å². The summed E-state index contributed by atoms with van der Waals surface area (Å²) in [5, 5.41) is 2.62. The van der Waals surface area contributed by atoms with Gasteiger partial charge in [-0.3, -0.25) is 19.4 Å². The van der Waals surface area contributed by atoms with E-state index in [1.807, 2.05) is 0 Å². The molecule has 0 amide bonds. The second-order valence-electron chi connectivity index (χ2n) is 6.62. The molecule has 0 aliphatic carbocycles. The fourth-order valence-electron chi connectivity index (χ4n) is 3.20. The van der Waals surface area contributed by atoms with Gasteiger partial charge in [-0.25, -0.2) is 0 Å². The molecule has 0 aromatic heterocycles. The van der Waals surface area contributed by atoms with E-state index in [-0.39, 0.29) is 38.6 Å². The lowest BCUT2D eigenvalue weighted by molar-refractivity contribution is 0.106. The molecule has 9 nitrogen and oxygen atoms in total. The van der Waals surface area contributed by atoms with Crippen molar-refractivity contribution >= 4 is 38.3 Å². The van der Waals surface area contributed by atoms with Gasteiger partial charge in [0.2, 0.25) is 5.78 Å². The smallest absolute Gasteiger partial charge is 0.307 e. The molecule has 1 aromatic rings. The third kappa shape index (κ3) is 4.98. The Bertz CT molecular complexity index is 888. The van der Waals surface area contributed by atoms with E-state index < -0.39 is 26.0 Å². The van der Waals surface area contributed by atoms with E-state index in [1.165, 1.54) is 0 Å². The molecule has 1 aromatic carbocycles. The van der Waals surface area contributed by atoms with Crippen LogP contribution in [0, 0.1) is 6.92 Å². The van der Waals surface area contributed by atoms with Crippen molar-refractivity contribution in [2.24, 2.45) is 5.10 Å². The monoisotopic (exact) mass is 494 g/mol. The molecular weight excluding hydrogens is 466 g/mol. The van der Waals surface area contributed by atoms with Gasteiger partial charge in [0.1, 0.15) is 5.71 Å². The van der Waals surface area contributed by atoms with Gasteiger partial charge >= 0.3 is 15.2 Å². The molecule has 0 atom stereocenters. The third-order valence-electron chi connectivity index (χ3n) is 4.57. The Morgan fingerprint density at radius 2 is 1.52 bits per heavy atom. The largest absolute Gasteiger partial charge is 0.370 e. The molecule has 0 fully saturated rings. The summed E-state index contributed by atoms with van der Waals surface area (Å²) in [6.07, 6.45) is -0.331. The van der Waals surface area contributed by atoms with Crippen LogP contribution in [0.5, 0.6) is 0 Å². The van der Waals surface area contributed by atoms with Gasteiger partial charge < -0.3 is 18.1 Å². The van der Waals surface area contributed by atoms with Crippen LogP contribution in [0.1, 0.15) is 50.0 Å². The van der Waals surface area contributed by atoms with Gasteiger partial charge in [0.15, 0.2) is 0 Å². The van der Waals surface area contributed by atoms with E-state index >= 15 is 0 Å². The number of carbonyl (C=O) groups is 1. The Hall–Kier alpha value is -1.05. The highest BCUT2D eigenvalue weighted by Crippen LogP contribution is 2.78. The van der Waals surface area contributed by atoms with Crippen LogP contribution in [0.2, 0.25) is 5.02 Å². The van der Waals surface area contributed by atoms with Crippen molar-refractivity contribution in [3.63, 3.8) is 0 Å². The number of rotatable bonds is 12. The van der Waals surface area contributed by atoms with Crippen molar-refractivity contribution in [1.29, 1.82) is 0 Å². The van der Waals surface area contributed by atoms with Crippen LogP contribution < -0.4 is 5.43 Å². The first-order valence-corrected chi connectivity index (χ1v) is 13.5. The molecule has 0 saturated carbocycles. The van der Waals surface area contributed by atoms with E-state index in [1.54, 1.807) is 52.8 Å². The average Bonchev–Trinajstić information content (AvgIpc) is 3.18. The molecule has 1 aliphatic rings. The number of hydrogen-bond acceptors (Lipinski definition) is 9. The summed E-state index contributed by atoms with van der Waals surface area (Å²) >= 11 is 6.06. The highest BCUT2D eigenvalue weighted by molar-refractivity contribution is 7.74. The molecule has 2 rings (SSSR count). The summed E-state index contributed by atoms with van der Waals surface area (Å²) in [5.74, 6) is -0.437. The van der Waals surface area contributed by atoms with Crippen LogP contribution >= 0.6 is 26.8 Å². The topological polar surface area (TPSA) is 113 Å². The Balaban J connectivity index is 2.56. The molecule has 1 heterocycles. The molecule has 0 bridgehead atoms. The number of hydrogen-bond donors (Lipinski definition) is 1. The Labute approximate surface area is 187 Å². The minimum absolute atomic E-state index is 0.000912. The predicted octanol–water partition coefficient (Wildman–Crippen LogP) is 5.37. The van der Waals surface area contributed by atoms with Gasteiger partial charge in [-0.2, -0.15) is 5.10 Å². The van der Waals surface area contributed by atoms with Crippen LogP contribution in [-0.2, 0) is 27.2 Å². The van der Waals surface area contributed by atoms with Gasteiger partial charge in [-0.05, 0) is 58.4 Å². The summed E-state index contributed by atoms with van der Waals surface area (Å²) in [4.78, 5) is 13.1. The van der Waals surface area contributed by atoms with E-state index in [4.69, 9.17) is 29.7 Å². The number of ketones is 1. The number of aryl methyl sites for hydroxylation is 1. The van der Waals surface area contributed by atoms with Crippen LogP contribution in [0.25, 0.3) is 0 Å². The number of carbonyl (C=O) groups excluding carboxylic acids is 1. The zero-order valence-corrected chi connectivity index (χ0v) is 20.9. The van der Waals surface area contributed by atoms with Gasteiger partial charge in [0.05, 0.1) is 26.4 Å². The minimum atomic E-state index is -4.18. The van der Waals surface area contributed by atoms with Crippen LogP contribution in [-0.4, -0.2) is 42.9 Å². The van der Waals surface area contributed by atoms with Gasteiger partial charge in [0, 0.05) is 17.0 Å². The predicted molar refractivity (Wildman–Crippen MR) is 120 cm³/mol. The van der Waals surface area contributed by atoms with Crippen LogP contribution in [0.4, 0.5) is 0 Å². The molecule has 174 valence electrons. The summed E-state index contributed by atoms with van der Waals surface area (Å²) in [6, 6.07) is 4.80. The van der Waals surface area contributed by atoms with Crippen molar-refractivity contribution in [2.75, 3.05) is 26.4 Å². The average molecular weight is 495 g/mol. The molecular formula is C19H29ClN2O7P2. The SMILES string of the molecule is CCOP(=O)(OCC)C1(P(=O)(OCC)OCC)CC(C(=O)c2ccc(Cl)c(C)c2)=NN1. The normalized spacial score (nSPS) is 16.1. The standard InChI is InChI=1S/C19H29ClN2O7P2/c1-6-26-30(24,27-7-2)19(31(25,28-8-3)29-9-4)13-17(21-22-19)18(23)15-10-11-16(20)14(5)12-15/h10-12,22H,6-9,13H2,1-5H3. The molecule has 1 aliphatic heterocycles. The first kappa shape index (κ1) is 26.2. The number of Topliss-reactive ketones (excluding diaryl/α,β-unsaturated/α-hetero) is 1.